The molecule has 1 aromatic carbocycles. The minimum atomic E-state index is -0.340. The number of para-hydroxylation sites is 2. The number of nitrogens with zero attached hydrogens (tertiary/aromatic N) is 5. The molecule has 0 bridgehead atoms. The number of amides is 1. The molecule has 35 heavy (non-hydrogen) atoms. The Bertz CT molecular complexity index is 1450. The van der Waals surface area contributed by atoms with Crippen LogP contribution >= 0.6 is 0 Å². The first-order valence-corrected chi connectivity index (χ1v) is 12.3. The zero-order valence-corrected chi connectivity index (χ0v) is 20.7. The standard InChI is InChI=1S/C26H33N7O2/c1-30(2)16-12-27-21-11-10-18-23(34)22(25(35)28-13-17-32-14-6-7-15-32)26-31(3)19-8-4-5-9-20(19)33(26)24(18)29-21/h4-5,8-11H,6-7,12-17H2,1-3H3,(H,27,29)(H,28,35). The maximum atomic E-state index is 13.7. The van der Waals surface area contributed by atoms with E-state index in [9.17, 15) is 9.59 Å². The van der Waals surface area contributed by atoms with Crippen molar-refractivity contribution in [2.75, 3.05) is 58.7 Å². The summed E-state index contributed by atoms with van der Waals surface area (Å²) in [7, 11) is 5.93. The quantitative estimate of drug-likeness (QED) is 0.406. The molecule has 4 heterocycles. The monoisotopic (exact) mass is 475 g/mol. The van der Waals surface area contributed by atoms with Crippen LogP contribution in [0.3, 0.4) is 0 Å². The fraction of sp³-hybridized carbons (Fsp3) is 0.423. The molecule has 0 saturated carbocycles. The molecule has 0 spiro atoms. The summed E-state index contributed by atoms with van der Waals surface area (Å²) in [5.41, 5.74) is 2.80. The van der Waals surface area contributed by atoms with Crippen LogP contribution in [0.4, 0.5) is 5.82 Å². The lowest BCUT2D eigenvalue weighted by molar-refractivity contribution is 0.0950. The second kappa shape index (κ2) is 9.67. The molecule has 0 aliphatic carbocycles. The van der Waals surface area contributed by atoms with Crippen LogP contribution in [-0.2, 0) is 7.05 Å². The van der Waals surface area contributed by atoms with Crippen molar-refractivity contribution in [3.8, 4) is 0 Å². The summed E-state index contributed by atoms with van der Waals surface area (Å²) in [4.78, 5) is 36.3. The van der Waals surface area contributed by atoms with Crippen molar-refractivity contribution in [3.05, 3.63) is 52.2 Å². The molecule has 9 heteroatoms. The molecular weight excluding hydrogens is 442 g/mol. The number of aryl methyl sites for hydroxylation is 1. The molecule has 1 aliphatic rings. The number of benzene rings is 1. The van der Waals surface area contributed by atoms with Gasteiger partial charge >= 0.3 is 0 Å². The van der Waals surface area contributed by atoms with E-state index in [4.69, 9.17) is 4.98 Å². The zero-order valence-electron chi connectivity index (χ0n) is 20.7. The van der Waals surface area contributed by atoms with Crippen molar-refractivity contribution < 1.29 is 4.79 Å². The van der Waals surface area contributed by atoms with Gasteiger partial charge in [0.25, 0.3) is 5.91 Å². The predicted octanol–water partition coefficient (Wildman–Crippen LogP) is 2.14. The minimum Gasteiger partial charge on any atom is -0.369 e. The summed E-state index contributed by atoms with van der Waals surface area (Å²) in [6, 6.07) is 11.5. The number of carbonyl (C=O) groups excluding carboxylic acids is 1. The van der Waals surface area contributed by atoms with Crippen LogP contribution in [0, 0.1) is 0 Å². The smallest absolute Gasteiger partial charge is 0.259 e. The fourth-order valence-electron chi connectivity index (χ4n) is 4.97. The van der Waals surface area contributed by atoms with Gasteiger partial charge in [0.1, 0.15) is 17.0 Å². The molecule has 5 rings (SSSR count). The van der Waals surface area contributed by atoms with Crippen LogP contribution < -0.4 is 16.1 Å². The number of carbonyl (C=O) groups is 1. The molecule has 0 unspecified atom stereocenters. The molecule has 3 aromatic heterocycles. The molecule has 9 nitrogen and oxygen atoms in total. The number of anilines is 1. The first-order chi connectivity index (χ1) is 17.0. The Hall–Kier alpha value is -3.43. The van der Waals surface area contributed by atoms with Gasteiger partial charge in [-0.2, -0.15) is 0 Å². The zero-order chi connectivity index (χ0) is 24.5. The number of imidazole rings is 1. The van der Waals surface area contributed by atoms with Crippen molar-refractivity contribution >= 4 is 39.4 Å². The van der Waals surface area contributed by atoms with Gasteiger partial charge in [-0.05, 0) is 64.3 Å². The largest absolute Gasteiger partial charge is 0.369 e. The van der Waals surface area contributed by atoms with E-state index < -0.39 is 0 Å². The molecule has 1 aliphatic heterocycles. The van der Waals surface area contributed by atoms with Gasteiger partial charge in [0.2, 0.25) is 5.43 Å². The predicted molar refractivity (Wildman–Crippen MR) is 140 cm³/mol. The Morgan fingerprint density at radius 3 is 2.54 bits per heavy atom. The van der Waals surface area contributed by atoms with Gasteiger partial charge in [0, 0.05) is 33.2 Å². The van der Waals surface area contributed by atoms with Gasteiger partial charge in [-0.25, -0.2) is 4.98 Å². The van der Waals surface area contributed by atoms with Gasteiger partial charge in [-0.3, -0.25) is 14.0 Å². The number of pyridine rings is 2. The normalized spacial score (nSPS) is 14.5. The van der Waals surface area contributed by atoms with E-state index in [1.165, 1.54) is 12.8 Å². The average molecular weight is 476 g/mol. The maximum absolute atomic E-state index is 13.7. The first-order valence-electron chi connectivity index (χ1n) is 12.3. The molecule has 1 saturated heterocycles. The van der Waals surface area contributed by atoms with Crippen molar-refractivity contribution in [2.45, 2.75) is 12.8 Å². The lowest BCUT2D eigenvalue weighted by Crippen LogP contribution is -2.36. The maximum Gasteiger partial charge on any atom is 0.259 e. The van der Waals surface area contributed by atoms with Gasteiger partial charge in [0.05, 0.1) is 16.4 Å². The van der Waals surface area contributed by atoms with Gasteiger partial charge in [0.15, 0.2) is 5.65 Å². The Balaban J connectivity index is 1.62. The van der Waals surface area contributed by atoms with Crippen LogP contribution in [0.15, 0.2) is 41.2 Å². The van der Waals surface area contributed by atoms with Crippen molar-refractivity contribution in [2.24, 2.45) is 7.05 Å². The minimum absolute atomic E-state index is 0.160. The molecule has 1 fully saturated rings. The molecule has 4 aromatic rings. The average Bonchev–Trinajstić information content (AvgIpc) is 3.46. The highest BCUT2D eigenvalue weighted by Crippen LogP contribution is 2.26. The highest BCUT2D eigenvalue weighted by atomic mass is 16.2. The Morgan fingerprint density at radius 2 is 1.80 bits per heavy atom. The van der Waals surface area contributed by atoms with E-state index in [0.717, 1.165) is 43.8 Å². The Morgan fingerprint density at radius 1 is 1.06 bits per heavy atom. The molecule has 0 radical (unpaired) electrons. The number of aromatic nitrogens is 3. The van der Waals surface area contributed by atoms with E-state index in [-0.39, 0.29) is 16.9 Å². The topological polar surface area (TPSA) is 86.9 Å². The lowest BCUT2D eigenvalue weighted by Gasteiger charge is -2.15. The van der Waals surface area contributed by atoms with Crippen molar-refractivity contribution in [1.29, 1.82) is 0 Å². The van der Waals surface area contributed by atoms with E-state index in [1.807, 2.05) is 60.4 Å². The highest BCUT2D eigenvalue weighted by molar-refractivity contribution is 6.05. The Kier molecular flexibility index (Phi) is 6.44. The molecule has 1 amide bonds. The molecular formula is C26H33N7O2. The van der Waals surface area contributed by atoms with Crippen LogP contribution in [0.25, 0.3) is 27.7 Å². The number of likely N-dealkylation sites (N-methyl/N-ethyl adjacent to an activating group) is 1. The van der Waals surface area contributed by atoms with Crippen molar-refractivity contribution in [3.63, 3.8) is 0 Å². The lowest BCUT2D eigenvalue weighted by atomic mass is 10.1. The third-order valence-corrected chi connectivity index (χ3v) is 6.80. The summed E-state index contributed by atoms with van der Waals surface area (Å²) >= 11 is 0. The van der Waals surface area contributed by atoms with Crippen LogP contribution in [0.1, 0.15) is 23.2 Å². The third-order valence-electron chi connectivity index (χ3n) is 6.80. The summed E-state index contributed by atoms with van der Waals surface area (Å²) in [6.45, 7) is 5.04. The summed E-state index contributed by atoms with van der Waals surface area (Å²) in [5, 5.41) is 6.77. The van der Waals surface area contributed by atoms with E-state index >= 15 is 0 Å². The number of hydrogen-bond acceptors (Lipinski definition) is 6. The molecule has 184 valence electrons. The van der Waals surface area contributed by atoms with E-state index in [1.54, 1.807) is 6.07 Å². The van der Waals surface area contributed by atoms with Crippen LogP contribution in [-0.4, -0.2) is 83.0 Å². The van der Waals surface area contributed by atoms with Gasteiger partial charge in [-0.15, -0.1) is 0 Å². The summed E-state index contributed by atoms with van der Waals surface area (Å²) in [5.74, 6) is 0.357. The summed E-state index contributed by atoms with van der Waals surface area (Å²) < 4.78 is 3.86. The van der Waals surface area contributed by atoms with E-state index in [2.05, 4.69) is 20.4 Å². The number of likely N-dealkylation sites (tertiary alicyclic amines) is 1. The second-order valence-electron chi connectivity index (χ2n) is 9.51. The highest BCUT2D eigenvalue weighted by Gasteiger charge is 2.24. The number of fused-ring (bicyclic) bond motifs is 5. The van der Waals surface area contributed by atoms with Crippen LogP contribution in [0.5, 0.6) is 0 Å². The third kappa shape index (κ3) is 4.37. The number of hydrogen-bond donors (Lipinski definition) is 2. The number of rotatable bonds is 8. The molecule has 0 atom stereocenters. The Labute approximate surface area is 204 Å². The number of nitrogens with one attached hydrogen (secondary N) is 2. The van der Waals surface area contributed by atoms with Crippen LogP contribution in [0.2, 0.25) is 0 Å². The SMILES string of the molecule is CN(C)CCNc1ccc2c(=O)c(C(=O)NCCN3CCCC3)c3n(C)c4ccccc4n3c2n1. The fourth-order valence-corrected chi connectivity index (χ4v) is 4.97. The second-order valence-corrected chi connectivity index (χ2v) is 9.51. The molecule has 2 N–H and O–H groups in total. The van der Waals surface area contributed by atoms with E-state index in [0.29, 0.717) is 29.0 Å². The van der Waals surface area contributed by atoms with Crippen molar-refractivity contribution in [1.82, 2.24) is 29.1 Å². The van der Waals surface area contributed by atoms with Gasteiger partial charge < -0.3 is 25.0 Å². The summed E-state index contributed by atoms with van der Waals surface area (Å²) in [6.07, 6.45) is 2.41. The van der Waals surface area contributed by atoms with Gasteiger partial charge in [-0.1, -0.05) is 12.1 Å². The first kappa shape index (κ1) is 23.3.